The smallest absolute Gasteiger partial charge is 0.437 e. The molecular formula is C36H32F6N2O9S2. The van der Waals surface area contributed by atoms with Crippen molar-refractivity contribution in [1.29, 1.82) is 0 Å². The fourth-order valence-electron chi connectivity index (χ4n) is 5.39. The average molecular weight is 815 g/mol. The molecule has 19 heteroatoms. The number of benzene rings is 4. The minimum absolute atomic E-state index is 0.0714. The largest absolute Gasteiger partial charge is 0.497 e. The van der Waals surface area contributed by atoms with Gasteiger partial charge in [-0.3, -0.25) is 8.57 Å². The van der Waals surface area contributed by atoms with Gasteiger partial charge in [-0.2, -0.15) is 43.2 Å². The van der Waals surface area contributed by atoms with E-state index in [-0.39, 0.29) is 24.2 Å². The van der Waals surface area contributed by atoms with Crippen LogP contribution in [0.25, 0.3) is 0 Å². The van der Waals surface area contributed by atoms with Crippen LogP contribution in [-0.4, -0.2) is 61.4 Å². The minimum atomic E-state index is -5.05. The number of ether oxygens (including phenoxy) is 3. The van der Waals surface area contributed by atoms with E-state index < -0.39 is 64.9 Å². The van der Waals surface area contributed by atoms with Gasteiger partial charge in [0.05, 0.1) is 20.8 Å². The molecule has 0 aromatic heterocycles. The molecule has 0 radical (unpaired) electrons. The van der Waals surface area contributed by atoms with Crippen molar-refractivity contribution in [2.45, 2.75) is 47.3 Å². The molecule has 0 saturated heterocycles. The predicted octanol–water partition coefficient (Wildman–Crippen LogP) is 8.01. The number of hydrogen-bond donors (Lipinski definition) is 0. The summed E-state index contributed by atoms with van der Waals surface area (Å²) in [5.41, 5.74) is -3.17. The maximum Gasteiger partial charge on any atom is 0.437 e. The predicted molar refractivity (Wildman–Crippen MR) is 186 cm³/mol. The van der Waals surface area contributed by atoms with Gasteiger partial charge in [-0.15, -0.1) is 0 Å². The zero-order chi connectivity index (χ0) is 40.0. The minimum Gasteiger partial charge on any atom is -0.497 e. The van der Waals surface area contributed by atoms with Crippen LogP contribution in [-0.2, 0) is 28.8 Å². The second-order valence-electron chi connectivity index (χ2n) is 12.0. The van der Waals surface area contributed by atoms with Crippen LogP contribution in [0.3, 0.4) is 0 Å². The molecule has 0 aliphatic heterocycles. The average Bonchev–Trinajstić information content (AvgIpc) is 3.93. The van der Waals surface area contributed by atoms with E-state index in [9.17, 15) is 43.2 Å². The van der Waals surface area contributed by atoms with Crippen molar-refractivity contribution in [2.24, 2.45) is 16.2 Å². The third-order valence-electron chi connectivity index (χ3n) is 8.34. The Labute approximate surface area is 312 Å². The number of hydrogen-bond acceptors (Lipinski definition) is 11. The molecule has 55 heavy (non-hydrogen) atoms. The van der Waals surface area contributed by atoms with Gasteiger partial charge in [0.25, 0.3) is 0 Å². The Morgan fingerprint density at radius 2 is 1.02 bits per heavy atom. The van der Waals surface area contributed by atoms with Gasteiger partial charge in [0.2, 0.25) is 0 Å². The monoisotopic (exact) mass is 814 g/mol. The van der Waals surface area contributed by atoms with Gasteiger partial charge in [0.1, 0.15) is 27.0 Å². The van der Waals surface area contributed by atoms with Crippen LogP contribution in [0.15, 0.2) is 117 Å². The van der Waals surface area contributed by atoms with Crippen molar-refractivity contribution in [3.63, 3.8) is 0 Å². The van der Waals surface area contributed by atoms with E-state index in [0.717, 1.165) is 48.4 Å². The highest BCUT2D eigenvalue weighted by Crippen LogP contribution is 2.50. The number of alkyl halides is 6. The third-order valence-corrected chi connectivity index (χ3v) is 10.6. The number of rotatable bonds is 16. The number of oxime groups is 2. The molecule has 11 nitrogen and oxygen atoms in total. The summed E-state index contributed by atoms with van der Waals surface area (Å²) in [5, 5.41) is 5.88. The van der Waals surface area contributed by atoms with Crippen LogP contribution in [0.4, 0.5) is 26.3 Å². The maximum absolute atomic E-state index is 13.8. The molecule has 0 spiro atoms. The summed E-state index contributed by atoms with van der Waals surface area (Å²) in [5.74, 6) is 1.20. The summed E-state index contributed by atoms with van der Waals surface area (Å²) in [4.78, 5) is -0.835. The molecule has 2 unspecified atom stereocenters. The van der Waals surface area contributed by atoms with Gasteiger partial charge in [-0.25, -0.2) is 0 Å². The van der Waals surface area contributed by atoms with Gasteiger partial charge in [-0.1, -0.05) is 34.6 Å². The van der Waals surface area contributed by atoms with Gasteiger partial charge in [0, 0.05) is 11.1 Å². The van der Waals surface area contributed by atoms with Gasteiger partial charge >= 0.3 is 32.6 Å². The molecule has 294 valence electrons. The van der Waals surface area contributed by atoms with E-state index in [2.05, 4.69) is 18.9 Å². The Hall–Kier alpha value is -5.30. The first kappa shape index (κ1) is 40.9. The second kappa shape index (κ2) is 16.6. The van der Waals surface area contributed by atoms with E-state index >= 15 is 0 Å². The molecule has 0 bridgehead atoms. The fraction of sp³-hybridized carbons (Fsp3) is 0.278. The molecule has 0 amide bonds. The van der Waals surface area contributed by atoms with Crippen LogP contribution < -0.4 is 14.2 Å². The molecule has 4 aromatic carbocycles. The quantitative estimate of drug-likeness (QED) is 0.0477. The Kier molecular flexibility index (Phi) is 12.3. The zero-order valence-corrected chi connectivity index (χ0v) is 30.5. The van der Waals surface area contributed by atoms with E-state index in [1.54, 1.807) is 0 Å². The van der Waals surface area contributed by atoms with Crippen molar-refractivity contribution in [3.8, 4) is 17.2 Å². The van der Waals surface area contributed by atoms with E-state index in [1.807, 2.05) is 0 Å². The van der Waals surface area contributed by atoms with Crippen molar-refractivity contribution >= 4 is 31.7 Å². The summed E-state index contributed by atoms with van der Waals surface area (Å²) in [6, 6.07) is 19.7. The molecule has 4 aromatic rings. The highest BCUT2D eigenvalue weighted by Gasteiger charge is 2.41. The van der Waals surface area contributed by atoms with Gasteiger partial charge < -0.3 is 14.2 Å². The highest BCUT2D eigenvalue weighted by atomic mass is 32.2. The standard InChI is InChI=1S/C36H32F6N2O9S2/c1-49-27-13-17-30(18-14-27)54(45,46)52-43-33(35(37,38)39)24-7-5-23(6-8-24)32-22-26(32)4-3-21-51-29-11-9-25(10-12-29)34(36(40,41)42)44-53-55(47,48)31-19-15-28(50-2)16-20-31/h5-20,26,32H,3-4,21-22H2,1-2H3/b43-33-,44-34-. The molecule has 1 saturated carbocycles. The van der Waals surface area contributed by atoms with Crippen LogP contribution >= 0.6 is 0 Å². The summed E-state index contributed by atoms with van der Waals surface area (Å²) < 4.78 is 157. The van der Waals surface area contributed by atoms with Crippen LogP contribution in [0.2, 0.25) is 0 Å². The number of methoxy groups -OCH3 is 2. The molecule has 2 atom stereocenters. The molecular weight excluding hydrogens is 783 g/mol. The normalized spacial score (nSPS) is 16.7. The Balaban J connectivity index is 1.12. The molecule has 1 fully saturated rings. The Morgan fingerprint density at radius 3 is 1.42 bits per heavy atom. The van der Waals surface area contributed by atoms with E-state index in [0.29, 0.717) is 24.3 Å². The van der Waals surface area contributed by atoms with Crippen molar-refractivity contribution < 1.29 is 66.0 Å². The third kappa shape index (κ3) is 10.7. The topological polar surface area (TPSA) is 139 Å². The lowest BCUT2D eigenvalue weighted by molar-refractivity contribution is -0.0606. The lowest BCUT2D eigenvalue weighted by Crippen LogP contribution is -2.25. The van der Waals surface area contributed by atoms with Gasteiger partial charge in [-0.05, 0) is 109 Å². The summed E-state index contributed by atoms with van der Waals surface area (Å²) in [6.45, 7) is 0.218. The molecule has 1 aliphatic rings. The summed E-state index contributed by atoms with van der Waals surface area (Å²) in [7, 11) is -6.59. The SMILES string of the molecule is COc1ccc(S(=O)(=O)O/N=C(/c2ccc(OCCCC3CC3c3ccc(/C(=N/OS(=O)(=O)c4ccc(OC)cc4)C(F)(F)F)cc3)cc2)C(F)(F)F)cc1. The lowest BCUT2D eigenvalue weighted by atomic mass is 10.0. The van der Waals surface area contributed by atoms with E-state index in [1.165, 1.54) is 74.9 Å². The highest BCUT2D eigenvalue weighted by molar-refractivity contribution is 7.87. The van der Waals surface area contributed by atoms with Crippen molar-refractivity contribution in [1.82, 2.24) is 0 Å². The molecule has 1 aliphatic carbocycles. The van der Waals surface area contributed by atoms with Crippen molar-refractivity contribution in [3.05, 3.63) is 114 Å². The van der Waals surface area contributed by atoms with Gasteiger partial charge in [0.15, 0.2) is 11.4 Å². The molecule has 0 heterocycles. The molecule has 0 N–H and O–H groups in total. The Morgan fingerprint density at radius 1 is 0.618 bits per heavy atom. The Bertz CT molecular complexity index is 2210. The van der Waals surface area contributed by atoms with Crippen LogP contribution in [0.1, 0.15) is 41.9 Å². The fourth-order valence-corrected chi connectivity index (χ4v) is 6.84. The van der Waals surface area contributed by atoms with Crippen molar-refractivity contribution in [2.75, 3.05) is 20.8 Å². The number of nitrogens with zero attached hydrogens (tertiary/aromatic N) is 2. The zero-order valence-electron chi connectivity index (χ0n) is 28.9. The van der Waals surface area contributed by atoms with E-state index in [4.69, 9.17) is 14.2 Å². The second-order valence-corrected chi connectivity index (χ2v) is 15.1. The maximum atomic E-state index is 13.8. The summed E-state index contributed by atoms with van der Waals surface area (Å²) in [6.07, 6.45) is -8.04. The number of halogens is 6. The first-order chi connectivity index (χ1) is 25.9. The van der Waals surface area contributed by atoms with Crippen LogP contribution in [0, 0.1) is 5.92 Å². The molecule has 5 rings (SSSR count). The lowest BCUT2D eigenvalue weighted by Gasteiger charge is -2.12. The first-order valence-corrected chi connectivity index (χ1v) is 19.0. The van der Waals surface area contributed by atoms with Crippen LogP contribution in [0.5, 0.6) is 17.2 Å². The first-order valence-electron chi connectivity index (χ1n) is 16.2. The summed E-state index contributed by atoms with van der Waals surface area (Å²) >= 11 is 0.